The van der Waals surface area contributed by atoms with E-state index in [9.17, 15) is 4.39 Å². The highest BCUT2D eigenvalue weighted by molar-refractivity contribution is 6.07. The molecule has 0 atom stereocenters. The first-order valence-electron chi connectivity index (χ1n) is 10.9. The lowest BCUT2D eigenvalue weighted by Gasteiger charge is -2.22. The average molecular weight is 454 g/mol. The van der Waals surface area contributed by atoms with Gasteiger partial charge in [-0.25, -0.2) is 9.51 Å². The number of nitrogens with two attached hydrogens (primary N) is 1. The molecule has 4 heterocycles. The topological polar surface area (TPSA) is 95.7 Å². The Bertz CT molecular complexity index is 1500. The van der Waals surface area contributed by atoms with Crippen LogP contribution in [0.3, 0.4) is 0 Å². The molecule has 8 heteroatoms. The summed E-state index contributed by atoms with van der Waals surface area (Å²) in [6.45, 7) is 4.92. The van der Waals surface area contributed by atoms with Gasteiger partial charge in [0.2, 0.25) is 0 Å². The standard InChI is InChI=1S/C26H24FN7/c1-16-24-11-21-23(9-10-25(27)31-21)34(24)32-26(16)19-5-3-4-6-22(19)33(2)15-17-7-8-20(30-14-17)18(12-28)13-29/h3-8,11-14,28H,1,9-10,15,29H2,2H3/b18-13+,28-12?. The summed E-state index contributed by atoms with van der Waals surface area (Å²) < 4.78 is 15.5. The van der Waals surface area contributed by atoms with Crippen LogP contribution in [0.4, 0.5) is 15.8 Å². The molecule has 3 aromatic heterocycles. The number of aryl methyl sites for hydroxylation is 1. The van der Waals surface area contributed by atoms with Crippen LogP contribution in [-0.4, -0.2) is 33.8 Å². The Hall–Kier alpha value is -4.33. The predicted octanol–water partition coefficient (Wildman–Crippen LogP) is 4.06. The zero-order chi connectivity index (χ0) is 23.8. The highest BCUT2D eigenvalue weighted by atomic mass is 19.1. The number of hydrogen-bond acceptors (Lipinski definition) is 6. The molecule has 170 valence electrons. The summed E-state index contributed by atoms with van der Waals surface area (Å²) in [5.74, 6) is -0.339. The first kappa shape index (κ1) is 21.5. The van der Waals surface area contributed by atoms with Gasteiger partial charge in [-0.15, -0.1) is 0 Å². The molecule has 1 aromatic carbocycles. The van der Waals surface area contributed by atoms with Crippen LogP contribution in [0.25, 0.3) is 28.9 Å². The molecule has 3 N–H and O–H groups in total. The maximum atomic E-state index is 13.6. The van der Waals surface area contributed by atoms with Crippen LogP contribution in [-0.2, 0) is 13.0 Å². The lowest BCUT2D eigenvalue weighted by molar-refractivity contribution is 0.730. The van der Waals surface area contributed by atoms with E-state index in [1.165, 1.54) is 12.4 Å². The number of halogens is 1. The van der Waals surface area contributed by atoms with Crippen molar-refractivity contribution in [2.75, 3.05) is 11.9 Å². The largest absolute Gasteiger partial charge is 0.404 e. The fourth-order valence-corrected chi connectivity index (χ4v) is 4.36. The molecular formula is C26H24FN7. The highest BCUT2D eigenvalue weighted by Crippen LogP contribution is 2.33. The van der Waals surface area contributed by atoms with Crippen LogP contribution in [0.15, 0.2) is 59.9 Å². The summed E-state index contributed by atoms with van der Waals surface area (Å²) in [5.41, 5.74) is 13.0. The number of aromatic nitrogens is 3. The normalized spacial score (nSPS) is 13.6. The second-order valence-electron chi connectivity index (χ2n) is 8.28. The summed E-state index contributed by atoms with van der Waals surface area (Å²) >= 11 is 0. The van der Waals surface area contributed by atoms with Gasteiger partial charge in [0, 0.05) is 60.7 Å². The second kappa shape index (κ2) is 8.55. The number of hydrogen-bond donors (Lipinski definition) is 2. The van der Waals surface area contributed by atoms with Gasteiger partial charge in [-0.1, -0.05) is 30.8 Å². The van der Waals surface area contributed by atoms with Crippen molar-refractivity contribution in [2.45, 2.75) is 19.4 Å². The first-order chi connectivity index (χ1) is 16.5. The van der Waals surface area contributed by atoms with E-state index in [4.69, 9.17) is 16.2 Å². The monoisotopic (exact) mass is 453 g/mol. The molecule has 1 aliphatic heterocycles. The van der Waals surface area contributed by atoms with Crippen molar-refractivity contribution in [1.82, 2.24) is 14.6 Å². The number of anilines is 1. The van der Waals surface area contributed by atoms with Gasteiger partial charge in [-0.3, -0.25) is 4.98 Å². The number of benzene rings is 1. The molecule has 34 heavy (non-hydrogen) atoms. The van der Waals surface area contributed by atoms with E-state index >= 15 is 0 Å². The molecule has 0 radical (unpaired) electrons. The van der Waals surface area contributed by atoms with E-state index in [0.717, 1.165) is 38.9 Å². The van der Waals surface area contributed by atoms with Gasteiger partial charge in [-0.2, -0.15) is 9.49 Å². The third kappa shape index (κ3) is 3.63. The van der Waals surface area contributed by atoms with E-state index in [0.29, 0.717) is 36.3 Å². The molecular weight excluding hydrogens is 429 g/mol. The van der Waals surface area contributed by atoms with E-state index in [2.05, 4.69) is 27.5 Å². The van der Waals surface area contributed by atoms with E-state index in [-0.39, 0.29) is 5.97 Å². The van der Waals surface area contributed by atoms with E-state index < -0.39 is 0 Å². The van der Waals surface area contributed by atoms with Gasteiger partial charge < -0.3 is 16.0 Å². The van der Waals surface area contributed by atoms with E-state index in [1.807, 2.05) is 48.0 Å². The minimum absolute atomic E-state index is 0.294. The molecule has 0 saturated heterocycles. The molecule has 1 aliphatic rings. The molecule has 0 unspecified atom stereocenters. The summed E-state index contributed by atoms with van der Waals surface area (Å²) in [5, 5.41) is 13.1. The summed E-state index contributed by atoms with van der Waals surface area (Å²) in [4.78, 5) is 10.6. The van der Waals surface area contributed by atoms with Crippen LogP contribution in [0, 0.1) is 5.41 Å². The molecule has 0 bridgehead atoms. The number of aliphatic imine (C=N–C) groups is 1. The average Bonchev–Trinajstić information content (AvgIpc) is 3.36. The zero-order valence-corrected chi connectivity index (χ0v) is 18.8. The summed E-state index contributed by atoms with van der Waals surface area (Å²) in [6.07, 6.45) is 5.23. The van der Waals surface area contributed by atoms with Crippen molar-refractivity contribution in [3.63, 3.8) is 0 Å². The van der Waals surface area contributed by atoms with Crippen LogP contribution in [0.2, 0.25) is 0 Å². The van der Waals surface area contributed by atoms with Crippen LogP contribution >= 0.6 is 0 Å². The van der Waals surface area contributed by atoms with Crippen molar-refractivity contribution < 1.29 is 4.39 Å². The SMILES string of the molecule is C=c1c(-c2ccccc2N(C)Cc2ccc(/C(C=N)=C/N)nc2)nn2c3c(cc12)N=C(F)CC3. The van der Waals surface area contributed by atoms with Gasteiger partial charge in [0.25, 0.3) is 0 Å². The fraction of sp³-hybridized carbons (Fsp3) is 0.154. The maximum absolute atomic E-state index is 13.6. The third-order valence-corrected chi connectivity index (χ3v) is 6.10. The van der Waals surface area contributed by atoms with Crippen molar-refractivity contribution in [3.05, 3.63) is 77.0 Å². The minimum atomic E-state index is -0.339. The van der Waals surface area contributed by atoms with Crippen LogP contribution in [0.1, 0.15) is 23.4 Å². The van der Waals surface area contributed by atoms with E-state index in [1.54, 1.807) is 6.20 Å². The molecule has 0 amide bonds. The molecule has 0 saturated carbocycles. The Labute approximate surface area is 196 Å². The quantitative estimate of drug-likeness (QED) is 0.431. The van der Waals surface area contributed by atoms with Crippen LogP contribution < -0.4 is 15.9 Å². The Morgan fingerprint density at radius 2 is 2.09 bits per heavy atom. The number of pyridine rings is 1. The molecule has 7 nitrogen and oxygen atoms in total. The molecule has 4 aromatic rings. The molecule has 0 spiro atoms. The number of nitrogens with one attached hydrogen (secondary N) is 1. The van der Waals surface area contributed by atoms with Crippen molar-refractivity contribution >= 4 is 41.2 Å². The fourth-order valence-electron chi connectivity index (χ4n) is 4.36. The van der Waals surface area contributed by atoms with Gasteiger partial charge in [-0.05, 0) is 30.2 Å². The second-order valence-corrected chi connectivity index (χ2v) is 8.28. The van der Waals surface area contributed by atoms with Gasteiger partial charge in [0.05, 0.1) is 22.6 Å². The first-order valence-corrected chi connectivity index (χ1v) is 10.9. The Morgan fingerprint density at radius 1 is 1.26 bits per heavy atom. The highest BCUT2D eigenvalue weighted by Gasteiger charge is 2.22. The number of para-hydroxylation sites is 1. The van der Waals surface area contributed by atoms with Gasteiger partial charge >= 0.3 is 0 Å². The number of allylic oxidation sites excluding steroid dienone is 1. The number of rotatable bonds is 6. The van der Waals surface area contributed by atoms with Gasteiger partial charge in [0.1, 0.15) is 5.69 Å². The molecule has 0 aliphatic carbocycles. The number of nitrogens with zero attached hydrogens (tertiary/aromatic N) is 5. The lowest BCUT2D eigenvalue weighted by Crippen LogP contribution is -2.18. The van der Waals surface area contributed by atoms with Crippen molar-refractivity contribution in [1.29, 1.82) is 5.41 Å². The Kier molecular flexibility index (Phi) is 5.41. The molecule has 0 fully saturated rings. The lowest BCUT2D eigenvalue weighted by atomic mass is 10.1. The maximum Gasteiger partial charge on any atom is 0.189 e. The minimum Gasteiger partial charge on any atom is -0.404 e. The predicted molar refractivity (Wildman–Crippen MR) is 135 cm³/mol. The number of fused-ring (bicyclic) bond motifs is 3. The van der Waals surface area contributed by atoms with Crippen molar-refractivity contribution in [2.24, 2.45) is 10.7 Å². The van der Waals surface area contributed by atoms with Crippen LogP contribution in [0.5, 0.6) is 0 Å². The third-order valence-electron chi connectivity index (χ3n) is 6.10. The summed E-state index contributed by atoms with van der Waals surface area (Å²) in [7, 11) is 2.02. The van der Waals surface area contributed by atoms with Crippen molar-refractivity contribution in [3.8, 4) is 11.3 Å². The molecule has 5 rings (SSSR count). The zero-order valence-electron chi connectivity index (χ0n) is 18.8. The Morgan fingerprint density at radius 3 is 2.82 bits per heavy atom. The van der Waals surface area contributed by atoms with Gasteiger partial charge in [0.15, 0.2) is 5.97 Å². The smallest absolute Gasteiger partial charge is 0.189 e. The summed E-state index contributed by atoms with van der Waals surface area (Å²) in [6, 6.07) is 13.8. The Balaban J connectivity index is 1.48.